The molecule has 1 N–H and O–H groups in total. The summed E-state index contributed by atoms with van der Waals surface area (Å²) in [5.41, 5.74) is 1.42. The first-order valence-corrected chi connectivity index (χ1v) is 7.42. The van der Waals surface area contributed by atoms with Gasteiger partial charge in [0.2, 0.25) is 0 Å². The number of nitrogens with one attached hydrogen (secondary N) is 1. The lowest BCUT2D eigenvalue weighted by Gasteiger charge is -2.15. The van der Waals surface area contributed by atoms with Gasteiger partial charge < -0.3 is 5.32 Å². The van der Waals surface area contributed by atoms with E-state index in [-0.39, 0.29) is 0 Å². The monoisotopic (exact) mass is 263 g/mol. The third-order valence-electron chi connectivity index (χ3n) is 4.12. The highest BCUT2D eigenvalue weighted by atomic mass is 14.9. The van der Waals surface area contributed by atoms with Crippen molar-refractivity contribution in [1.29, 1.82) is 0 Å². The number of benzene rings is 3. The summed E-state index contributed by atoms with van der Waals surface area (Å²) in [6.07, 6.45) is 1.16. The van der Waals surface area contributed by atoms with Gasteiger partial charge in [0.1, 0.15) is 0 Å². The summed E-state index contributed by atoms with van der Waals surface area (Å²) in [6, 6.07) is 20.2. The van der Waals surface area contributed by atoms with Crippen LogP contribution in [0.15, 0.2) is 54.6 Å². The Labute approximate surface area is 120 Å². The second kappa shape index (κ2) is 5.64. The minimum Gasteiger partial charge on any atom is -0.310 e. The zero-order chi connectivity index (χ0) is 13.9. The van der Waals surface area contributed by atoms with Crippen molar-refractivity contribution < 1.29 is 0 Å². The molecule has 0 amide bonds. The third kappa shape index (κ3) is 2.41. The Bertz CT molecular complexity index is 676. The molecule has 0 saturated carbocycles. The molecule has 0 aliphatic heterocycles. The van der Waals surface area contributed by atoms with Crippen LogP contribution >= 0.6 is 0 Å². The van der Waals surface area contributed by atoms with E-state index in [0.717, 1.165) is 13.0 Å². The molecule has 0 radical (unpaired) electrons. The molecular formula is C19H21N. The van der Waals surface area contributed by atoms with Crippen molar-refractivity contribution in [3.63, 3.8) is 0 Å². The Hall–Kier alpha value is -1.86. The van der Waals surface area contributed by atoms with Gasteiger partial charge in [-0.15, -0.1) is 0 Å². The minimum absolute atomic E-state index is 0.549. The molecule has 20 heavy (non-hydrogen) atoms. The molecular weight excluding hydrogens is 242 g/mol. The van der Waals surface area contributed by atoms with Crippen molar-refractivity contribution in [2.75, 3.05) is 0 Å². The number of hydrogen-bond acceptors (Lipinski definition) is 1. The first-order chi connectivity index (χ1) is 9.79. The molecule has 3 rings (SSSR count). The molecule has 0 fully saturated rings. The maximum absolute atomic E-state index is 3.63. The van der Waals surface area contributed by atoms with E-state index in [4.69, 9.17) is 0 Å². The largest absolute Gasteiger partial charge is 0.310 e. The highest BCUT2D eigenvalue weighted by molar-refractivity contribution is 6.02. The van der Waals surface area contributed by atoms with Gasteiger partial charge >= 0.3 is 0 Å². The van der Waals surface area contributed by atoms with Crippen LogP contribution in [-0.4, -0.2) is 6.04 Å². The maximum Gasteiger partial charge on any atom is 0.0220 e. The molecule has 1 heteroatoms. The summed E-state index contributed by atoms with van der Waals surface area (Å²) >= 11 is 0. The van der Waals surface area contributed by atoms with Crippen LogP contribution in [0.2, 0.25) is 0 Å². The molecule has 3 aromatic rings. The third-order valence-corrected chi connectivity index (χ3v) is 4.12. The molecule has 0 bridgehead atoms. The minimum atomic E-state index is 0.549. The second-order valence-corrected chi connectivity index (χ2v) is 5.49. The second-order valence-electron chi connectivity index (χ2n) is 5.49. The number of fused-ring (bicyclic) bond motifs is 2. The van der Waals surface area contributed by atoms with Gasteiger partial charge in [0.15, 0.2) is 0 Å². The van der Waals surface area contributed by atoms with Gasteiger partial charge in [-0.3, -0.25) is 0 Å². The van der Waals surface area contributed by atoms with E-state index < -0.39 is 0 Å². The molecule has 0 aliphatic rings. The molecule has 0 saturated heterocycles. The first-order valence-electron chi connectivity index (χ1n) is 7.42. The molecule has 1 atom stereocenters. The summed E-state index contributed by atoms with van der Waals surface area (Å²) in [7, 11) is 0. The van der Waals surface area contributed by atoms with Gasteiger partial charge in [0.05, 0.1) is 0 Å². The quantitative estimate of drug-likeness (QED) is 0.661. The molecule has 1 nitrogen and oxygen atoms in total. The van der Waals surface area contributed by atoms with Gasteiger partial charge in [-0.05, 0) is 46.5 Å². The highest BCUT2D eigenvalue weighted by Gasteiger charge is 2.08. The van der Waals surface area contributed by atoms with Crippen LogP contribution in [0.5, 0.6) is 0 Å². The van der Waals surface area contributed by atoms with Gasteiger partial charge in [0, 0.05) is 12.6 Å². The average molecular weight is 263 g/mol. The standard InChI is InChI=1S/C19H21N/c1-3-14(2)20-13-19-17-10-6-4-8-15(17)12-16-9-5-7-11-18(16)19/h4-12,14,20H,3,13H2,1-2H3. The Kier molecular flexibility index (Phi) is 3.70. The van der Waals surface area contributed by atoms with Crippen molar-refractivity contribution in [2.24, 2.45) is 0 Å². The fourth-order valence-corrected chi connectivity index (χ4v) is 2.72. The summed E-state index contributed by atoms with van der Waals surface area (Å²) in [6.45, 7) is 5.39. The predicted molar refractivity (Wildman–Crippen MR) is 88.0 cm³/mol. The highest BCUT2D eigenvalue weighted by Crippen LogP contribution is 2.28. The molecule has 0 spiro atoms. The van der Waals surface area contributed by atoms with E-state index in [1.165, 1.54) is 27.1 Å². The maximum atomic E-state index is 3.63. The van der Waals surface area contributed by atoms with Crippen LogP contribution in [0.4, 0.5) is 0 Å². The fourth-order valence-electron chi connectivity index (χ4n) is 2.72. The number of hydrogen-bond donors (Lipinski definition) is 1. The lowest BCUT2D eigenvalue weighted by Crippen LogP contribution is -2.24. The SMILES string of the molecule is CCC(C)NCc1c2ccccc2cc2ccccc12. The fraction of sp³-hybridized carbons (Fsp3) is 0.263. The lowest BCUT2D eigenvalue weighted by molar-refractivity contribution is 0.537. The van der Waals surface area contributed by atoms with E-state index >= 15 is 0 Å². The van der Waals surface area contributed by atoms with Gasteiger partial charge in [0.25, 0.3) is 0 Å². The van der Waals surface area contributed by atoms with Crippen molar-refractivity contribution >= 4 is 21.5 Å². The molecule has 0 heterocycles. The van der Waals surface area contributed by atoms with E-state index in [1.807, 2.05) is 0 Å². The van der Waals surface area contributed by atoms with Crippen LogP contribution in [0.3, 0.4) is 0 Å². The van der Waals surface area contributed by atoms with Gasteiger partial charge in [-0.1, -0.05) is 55.5 Å². The van der Waals surface area contributed by atoms with Crippen molar-refractivity contribution in [2.45, 2.75) is 32.9 Å². The summed E-state index contributed by atoms with van der Waals surface area (Å²) in [5, 5.41) is 9.01. The Balaban J connectivity index is 2.17. The normalized spacial score (nSPS) is 12.9. The van der Waals surface area contributed by atoms with Crippen LogP contribution in [0, 0.1) is 0 Å². The van der Waals surface area contributed by atoms with E-state index in [1.54, 1.807) is 0 Å². The first kappa shape index (κ1) is 13.1. The smallest absolute Gasteiger partial charge is 0.0220 e. The molecule has 0 aliphatic carbocycles. The van der Waals surface area contributed by atoms with Crippen molar-refractivity contribution in [3.05, 3.63) is 60.2 Å². The molecule has 1 unspecified atom stereocenters. The van der Waals surface area contributed by atoms with E-state index in [9.17, 15) is 0 Å². The predicted octanol–water partition coefficient (Wildman–Crippen LogP) is 4.88. The van der Waals surface area contributed by atoms with Crippen molar-refractivity contribution in [3.8, 4) is 0 Å². The summed E-state index contributed by atoms with van der Waals surface area (Å²) < 4.78 is 0. The Morgan fingerprint density at radius 1 is 0.900 bits per heavy atom. The summed E-state index contributed by atoms with van der Waals surface area (Å²) in [5.74, 6) is 0. The van der Waals surface area contributed by atoms with Crippen LogP contribution in [0.1, 0.15) is 25.8 Å². The zero-order valence-electron chi connectivity index (χ0n) is 12.2. The summed E-state index contributed by atoms with van der Waals surface area (Å²) in [4.78, 5) is 0. The van der Waals surface area contributed by atoms with E-state index in [2.05, 4.69) is 73.8 Å². The average Bonchev–Trinajstić information content (AvgIpc) is 2.51. The van der Waals surface area contributed by atoms with Crippen LogP contribution in [-0.2, 0) is 6.54 Å². The topological polar surface area (TPSA) is 12.0 Å². The zero-order valence-corrected chi connectivity index (χ0v) is 12.2. The molecule has 0 aromatic heterocycles. The molecule has 3 aromatic carbocycles. The Morgan fingerprint density at radius 2 is 1.45 bits per heavy atom. The van der Waals surface area contributed by atoms with Crippen LogP contribution < -0.4 is 5.32 Å². The van der Waals surface area contributed by atoms with Gasteiger partial charge in [-0.2, -0.15) is 0 Å². The lowest BCUT2D eigenvalue weighted by atomic mass is 9.96. The van der Waals surface area contributed by atoms with Gasteiger partial charge in [-0.25, -0.2) is 0 Å². The Morgan fingerprint density at radius 3 is 2.00 bits per heavy atom. The molecule has 102 valence electrons. The van der Waals surface area contributed by atoms with E-state index in [0.29, 0.717) is 6.04 Å². The van der Waals surface area contributed by atoms with Crippen LogP contribution in [0.25, 0.3) is 21.5 Å². The van der Waals surface area contributed by atoms with Crippen molar-refractivity contribution in [1.82, 2.24) is 5.32 Å². The number of rotatable bonds is 4.